The first-order valence-corrected chi connectivity index (χ1v) is 7.12. The van der Waals surface area contributed by atoms with Crippen LogP contribution >= 0.6 is 0 Å². The molecule has 2 aromatic rings. The van der Waals surface area contributed by atoms with E-state index in [4.69, 9.17) is 4.74 Å². The van der Waals surface area contributed by atoms with E-state index in [0.29, 0.717) is 5.56 Å². The zero-order valence-corrected chi connectivity index (χ0v) is 13.1. The topological polar surface area (TPSA) is 61.9 Å². The number of carbonyl (C=O) groups excluding carboxylic acids is 1. The van der Waals surface area contributed by atoms with Gasteiger partial charge in [-0.2, -0.15) is 5.10 Å². The standard InChI is InChI=1S/C15H22N4O2/c1-10(2)13(14-16-6-7-18(14)5)21-15(20)12-8-17-19(9-12)11(3)4/h6-11,13H,1-5H3. The second-order valence-corrected chi connectivity index (χ2v) is 5.77. The maximum Gasteiger partial charge on any atom is 0.342 e. The van der Waals surface area contributed by atoms with Crippen LogP contribution in [0, 0.1) is 5.92 Å². The Morgan fingerprint density at radius 1 is 1.29 bits per heavy atom. The highest BCUT2D eigenvalue weighted by molar-refractivity contribution is 5.88. The lowest BCUT2D eigenvalue weighted by molar-refractivity contribution is 0.0142. The minimum absolute atomic E-state index is 0.134. The summed E-state index contributed by atoms with van der Waals surface area (Å²) in [5.41, 5.74) is 0.462. The summed E-state index contributed by atoms with van der Waals surface area (Å²) in [6.45, 7) is 8.02. The Bertz CT molecular complexity index is 613. The summed E-state index contributed by atoms with van der Waals surface area (Å²) in [5.74, 6) is 0.508. The number of aromatic nitrogens is 4. The molecule has 6 heteroatoms. The van der Waals surface area contributed by atoms with Crippen LogP contribution in [-0.4, -0.2) is 25.3 Å². The van der Waals surface area contributed by atoms with Crippen LogP contribution in [0.5, 0.6) is 0 Å². The van der Waals surface area contributed by atoms with Crippen molar-refractivity contribution in [3.8, 4) is 0 Å². The van der Waals surface area contributed by atoms with Crippen LogP contribution < -0.4 is 0 Å². The Labute approximate surface area is 124 Å². The van der Waals surface area contributed by atoms with Crippen molar-refractivity contribution in [1.29, 1.82) is 0 Å². The van der Waals surface area contributed by atoms with Gasteiger partial charge in [0.05, 0.1) is 11.8 Å². The quantitative estimate of drug-likeness (QED) is 0.794. The maximum absolute atomic E-state index is 12.3. The van der Waals surface area contributed by atoms with E-state index in [1.807, 2.05) is 45.5 Å². The van der Waals surface area contributed by atoms with Gasteiger partial charge in [0.1, 0.15) is 5.82 Å². The first-order valence-electron chi connectivity index (χ1n) is 7.12. The molecule has 0 spiro atoms. The molecule has 0 radical (unpaired) electrons. The lowest BCUT2D eigenvalue weighted by Gasteiger charge is -2.20. The van der Waals surface area contributed by atoms with Gasteiger partial charge in [-0.15, -0.1) is 0 Å². The minimum atomic E-state index is -0.375. The zero-order valence-electron chi connectivity index (χ0n) is 13.1. The van der Waals surface area contributed by atoms with E-state index in [9.17, 15) is 4.79 Å². The van der Waals surface area contributed by atoms with E-state index in [2.05, 4.69) is 10.1 Å². The van der Waals surface area contributed by atoms with Gasteiger partial charge in [0.2, 0.25) is 0 Å². The molecular weight excluding hydrogens is 268 g/mol. The molecule has 0 bridgehead atoms. The van der Waals surface area contributed by atoms with Gasteiger partial charge < -0.3 is 9.30 Å². The molecule has 114 valence electrons. The monoisotopic (exact) mass is 290 g/mol. The minimum Gasteiger partial charge on any atom is -0.450 e. The molecule has 0 saturated carbocycles. The molecule has 0 N–H and O–H groups in total. The fourth-order valence-electron chi connectivity index (χ4n) is 2.05. The molecule has 0 saturated heterocycles. The number of ether oxygens (including phenoxy) is 1. The van der Waals surface area contributed by atoms with Crippen LogP contribution in [0.15, 0.2) is 24.8 Å². The van der Waals surface area contributed by atoms with Crippen molar-refractivity contribution in [1.82, 2.24) is 19.3 Å². The lowest BCUT2D eigenvalue weighted by Crippen LogP contribution is -2.19. The number of nitrogens with zero attached hydrogens (tertiary/aromatic N) is 4. The summed E-state index contributed by atoms with van der Waals surface area (Å²) in [6.07, 6.45) is 6.42. The van der Waals surface area contributed by atoms with E-state index < -0.39 is 0 Å². The molecule has 21 heavy (non-hydrogen) atoms. The zero-order chi connectivity index (χ0) is 15.6. The van der Waals surface area contributed by atoms with Gasteiger partial charge in [-0.05, 0) is 19.8 Å². The van der Waals surface area contributed by atoms with Crippen molar-refractivity contribution in [2.45, 2.75) is 39.8 Å². The number of imidazole rings is 1. The van der Waals surface area contributed by atoms with E-state index in [1.54, 1.807) is 17.1 Å². The fourth-order valence-corrected chi connectivity index (χ4v) is 2.05. The third-order valence-corrected chi connectivity index (χ3v) is 3.32. The van der Waals surface area contributed by atoms with Crippen LogP contribution in [0.25, 0.3) is 0 Å². The third kappa shape index (κ3) is 3.32. The van der Waals surface area contributed by atoms with Crippen molar-refractivity contribution < 1.29 is 9.53 Å². The number of hydrogen-bond acceptors (Lipinski definition) is 4. The van der Waals surface area contributed by atoms with Crippen LogP contribution in [0.2, 0.25) is 0 Å². The summed E-state index contributed by atoms with van der Waals surface area (Å²) in [6, 6.07) is 0.210. The predicted octanol–water partition coefficient (Wildman–Crippen LogP) is 2.75. The Balaban J connectivity index is 2.17. The molecule has 1 unspecified atom stereocenters. The van der Waals surface area contributed by atoms with Gasteiger partial charge in [0, 0.05) is 31.7 Å². The Kier molecular flexibility index (Phi) is 4.45. The summed E-state index contributed by atoms with van der Waals surface area (Å²) in [5, 5.41) is 4.16. The molecule has 1 atom stereocenters. The Morgan fingerprint density at radius 3 is 2.48 bits per heavy atom. The van der Waals surface area contributed by atoms with Gasteiger partial charge in [-0.25, -0.2) is 9.78 Å². The smallest absolute Gasteiger partial charge is 0.342 e. The molecule has 0 aromatic carbocycles. The van der Waals surface area contributed by atoms with Gasteiger partial charge in [-0.3, -0.25) is 4.68 Å². The van der Waals surface area contributed by atoms with Crippen molar-refractivity contribution in [2.24, 2.45) is 13.0 Å². The normalized spacial score (nSPS) is 12.9. The molecule has 0 fully saturated rings. The Hall–Kier alpha value is -2.11. The van der Waals surface area contributed by atoms with E-state index >= 15 is 0 Å². The van der Waals surface area contributed by atoms with Crippen LogP contribution in [0.3, 0.4) is 0 Å². The molecule has 0 aliphatic heterocycles. The summed E-state index contributed by atoms with van der Waals surface area (Å²) in [4.78, 5) is 16.6. The first-order chi connectivity index (χ1) is 9.90. The van der Waals surface area contributed by atoms with E-state index in [0.717, 1.165) is 5.82 Å². The molecule has 0 amide bonds. The highest BCUT2D eigenvalue weighted by Gasteiger charge is 2.25. The van der Waals surface area contributed by atoms with Gasteiger partial charge >= 0.3 is 5.97 Å². The second kappa shape index (κ2) is 6.11. The second-order valence-electron chi connectivity index (χ2n) is 5.77. The summed E-state index contributed by atoms with van der Waals surface area (Å²) < 4.78 is 9.25. The number of aryl methyl sites for hydroxylation is 1. The fraction of sp³-hybridized carbons (Fsp3) is 0.533. The van der Waals surface area contributed by atoms with Crippen molar-refractivity contribution in [3.63, 3.8) is 0 Å². The van der Waals surface area contributed by atoms with Crippen molar-refractivity contribution in [2.75, 3.05) is 0 Å². The van der Waals surface area contributed by atoms with Gasteiger partial charge in [0.15, 0.2) is 6.10 Å². The van der Waals surface area contributed by atoms with E-state index in [1.165, 1.54) is 6.20 Å². The third-order valence-electron chi connectivity index (χ3n) is 3.32. The molecule has 2 rings (SSSR count). The molecule has 2 heterocycles. The average Bonchev–Trinajstić information content (AvgIpc) is 3.04. The largest absolute Gasteiger partial charge is 0.450 e. The van der Waals surface area contributed by atoms with Gasteiger partial charge in [-0.1, -0.05) is 13.8 Å². The maximum atomic E-state index is 12.3. The predicted molar refractivity (Wildman–Crippen MR) is 78.8 cm³/mol. The molecular formula is C15H22N4O2. The van der Waals surface area contributed by atoms with Crippen LogP contribution in [-0.2, 0) is 11.8 Å². The van der Waals surface area contributed by atoms with Crippen LogP contribution in [0.1, 0.15) is 56.0 Å². The highest BCUT2D eigenvalue weighted by Crippen LogP contribution is 2.25. The summed E-state index contributed by atoms with van der Waals surface area (Å²) >= 11 is 0. The summed E-state index contributed by atoms with van der Waals surface area (Å²) in [7, 11) is 1.89. The number of rotatable bonds is 5. The van der Waals surface area contributed by atoms with Crippen LogP contribution in [0.4, 0.5) is 0 Å². The molecule has 0 aliphatic rings. The highest BCUT2D eigenvalue weighted by atomic mass is 16.5. The molecule has 6 nitrogen and oxygen atoms in total. The number of esters is 1. The van der Waals surface area contributed by atoms with Crippen molar-refractivity contribution in [3.05, 3.63) is 36.2 Å². The number of carbonyl (C=O) groups is 1. The van der Waals surface area contributed by atoms with Gasteiger partial charge in [0.25, 0.3) is 0 Å². The molecule has 0 aliphatic carbocycles. The van der Waals surface area contributed by atoms with Crippen molar-refractivity contribution >= 4 is 5.97 Å². The van der Waals surface area contributed by atoms with E-state index in [-0.39, 0.29) is 24.0 Å². The molecule has 2 aromatic heterocycles. The average molecular weight is 290 g/mol. The SMILES string of the molecule is CC(C)C(OC(=O)c1cnn(C(C)C)c1)c1nccn1C. The first kappa shape index (κ1) is 15.3. The number of hydrogen-bond donors (Lipinski definition) is 0. The lowest BCUT2D eigenvalue weighted by atomic mass is 10.1. The Morgan fingerprint density at radius 2 is 2.00 bits per heavy atom.